The van der Waals surface area contributed by atoms with Crippen molar-refractivity contribution < 1.29 is 22.7 Å². The van der Waals surface area contributed by atoms with E-state index >= 15 is 0 Å². The van der Waals surface area contributed by atoms with Gasteiger partial charge in [0.1, 0.15) is 29.5 Å². The third-order valence-electron chi connectivity index (χ3n) is 8.61. The number of halogens is 1. The number of rotatable bonds is 8. The van der Waals surface area contributed by atoms with Crippen molar-refractivity contribution in [2.24, 2.45) is 0 Å². The Morgan fingerprint density at radius 2 is 1.68 bits per heavy atom. The normalized spacial score (nSPS) is 20.8. The summed E-state index contributed by atoms with van der Waals surface area (Å²) in [4.78, 5) is 23.8. The lowest BCUT2D eigenvalue weighted by Gasteiger charge is -2.40. The summed E-state index contributed by atoms with van der Waals surface area (Å²) in [6.07, 6.45) is 1.28. The van der Waals surface area contributed by atoms with Gasteiger partial charge in [-0.3, -0.25) is 9.55 Å². The first-order valence-corrected chi connectivity index (χ1v) is 19.6. The molecular formula is C28H43FN4O5Si2. The second-order valence-electron chi connectivity index (χ2n) is 13.6. The average Bonchev–Trinajstić information content (AvgIpc) is 3.41. The predicted octanol–water partition coefficient (Wildman–Crippen LogP) is 6.75. The highest BCUT2D eigenvalue weighted by Crippen LogP contribution is 2.43. The zero-order valence-electron chi connectivity index (χ0n) is 25.3. The Morgan fingerprint density at radius 3 is 2.27 bits per heavy atom. The minimum absolute atomic E-state index is 0.0289. The van der Waals surface area contributed by atoms with Crippen LogP contribution >= 0.6 is 0 Å². The highest BCUT2D eigenvalue weighted by Gasteiger charge is 2.47. The number of benzene rings is 1. The van der Waals surface area contributed by atoms with E-state index in [1.54, 1.807) is 10.9 Å². The van der Waals surface area contributed by atoms with Crippen LogP contribution < -0.4 is 10.4 Å². The first kappa shape index (κ1) is 30.6. The van der Waals surface area contributed by atoms with Crippen LogP contribution in [0.3, 0.4) is 0 Å². The molecule has 3 aromatic rings. The van der Waals surface area contributed by atoms with Crippen molar-refractivity contribution in [3.8, 4) is 11.6 Å². The average molecular weight is 591 g/mol. The zero-order valence-corrected chi connectivity index (χ0v) is 27.3. The summed E-state index contributed by atoms with van der Waals surface area (Å²) < 4.78 is 41.0. The summed E-state index contributed by atoms with van der Waals surface area (Å²) in [5.41, 5.74) is 0.214. The fourth-order valence-electron chi connectivity index (χ4n) is 4.03. The van der Waals surface area contributed by atoms with Crippen molar-refractivity contribution in [2.75, 3.05) is 6.61 Å². The predicted molar refractivity (Wildman–Crippen MR) is 158 cm³/mol. The Kier molecular flexibility index (Phi) is 8.24. The number of hydrogen-bond donors (Lipinski definition) is 1. The van der Waals surface area contributed by atoms with Gasteiger partial charge in [-0.1, -0.05) is 41.5 Å². The van der Waals surface area contributed by atoms with Crippen LogP contribution in [0.4, 0.5) is 4.39 Å². The molecular weight excluding hydrogens is 548 g/mol. The van der Waals surface area contributed by atoms with Gasteiger partial charge in [-0.2, -0.15) is 4.98 Å². The van der Waals surface area contributed by atoms with Crippen molar-refractivity contribution in [3.63, 3.8) is 0 Å². The molecule has 1 saturated heterocycles. The Morgan fingerprint density at radius 1 is 1.05 bits per heavy atom. The lowest BCUT2D eigenvalue weighted by molar-refractivity contribution is -0.0383. The summed E-state index contributed by atoms with van der Waals surface area (Å²) in [6, 6.07) is 5.49. The van der Waals surface area contributed by atoms with Gasteiger partial charge in [0.05, 0.1) is 19.0 Å². The van der Waals surface area contributed by atoms with Crippen LogP contribution in [-0.4, -0.2) is 55.0 Å². The van der Waals surface area contributed by atoms with Crippen molar-refractivity contribution >= 4 is 27.8 Å². The monoisotopic (exact) mass is 590 g/mol. The molecule has 0 radical (unpaired) electrons. The van der Waals surface area contributed by atoms with Gasteiger partial charge < -0.3 is 18.3 Å². The summed E-state index contributed by atoms with van der Waals surface area (Å²) >= 11 is 0. The lowest BCUT2D eigenvalue weighted by atomic mass is 10.2. The molecule has 3 atom stereocenters. The van der Waals surface area contributed by atoms with Crippen molar-refractivity contribution in [3.05, 3.63) is 46.9 Å². The van der Waals surface area contributed by atoms with Crippen LogP contribution in [0.2, 0.25) is 36.3 Å². The second kappa shape index (κ2) is 10.8. The van der Waals surface area contributed by atoms with Gasteiger partial charge >= 0.3 is 5.69 Å². The Hall–Kier alpha value is -2.39. The third-order valence-corrected chi connectivity index (χ3v) is 17.6. The first-order valence-electron chi connectivity index (χ1n) is 13.8. The number of aromatic amines is 1. The summed E-state index contributed by atoms with van der Waals surface area (Å²) in [6.45, 7) is 22.7. The lowest BCUT2D eigenvalue weighted by Crippen LogP contribution is -2.48. The molecule has 9 nitrogen and oxygen atoms in total. The van der Waals surface area contributed by atoms with Gasteiger partial charge in [-0.15, -0.1) is 0 Å². The van der Waals surface area contributed by atoms with E-state index in [4.69, 9.17) is 18.3 Å². The molecule has 0 amide bonds. The van der Waals surface area contributed by atoms with E-state index in [2.05, 4.69) is 82.7 Å². The minimum atomic E-state index is -2.12. The standard InChI is InChI=1S/C28H43FN4O5Si2/c1-27(2,3)39(7,8)35-16-21-20(38-40(9,10)28(4,5)6)15-22(37-21)33-17-30-23-24(33)31-26(34)32-25(23)36-19-13-11-18(29)12-14-19/h11-14,17,20-22H,15-16H2,1-10H3,(H,31,32,34)/t20-,21+,22+/m0/s1. The molecule has 12 heteroatoms. The van der Waals surface area contributed by atoms with Gasteiger partial charge in [-0.25, -0.2) is 14.2 Å². The van der Waals surface area contributed by atoms with Crippen LogP contribution in [0.1, 0.15) is 54.2 Å². The van der Waals surface area contributed by atoms with Gasteiger partial charge in [0.15, 0.2) is 22.2 Å². The topological polar surface area (TPSA) is 100 Å². The number of hydrogen-bond acceptors (Lipinski definition) is 7. The molecule has 220 valence electrons. The molecule has 1 aliphatic rings. The highest BCUT2D eigenvalue weighted by atomic mass is 28.4. The number of H-pyrrole nitrogens is 1. The molecule has 1 aromatic carbocycles. The molecule has 0 saturated carbocycles. The number of nitrogens with one attached hydrogen (secondary N) is 1. The number of fused-ring (bicyclic) bond motifs is 1. The molecule has 4 rings (SSSR count). The number of ether oxygens (including phenoxy) is 2. The maximum absolute atomic E-state index is 13.4. The van der Waals surface area contributed by atoms with Gasteiger partial charge in [0.2, 0.25) is 0 Å². The molecule has 0 aliphatic carbocycles. The van der Waals surface area contributed by atoms with Crippen LogP contribution in [0.5, 0.6) is 11.6 Å². The van der Waals surface area contributed by atoms with Crippen molar-refractivity contribution in [1.82, 2.24) is 19.5 Å². The van der Waals surface area contributed by atoms with E-state index < -0.39 is 28.6 Å². The molecule has 0 bridgehead atoms. The quantitative estimate of drug-likeness (QED) is 0.290. The van der Waals surface area contributed by atoms with Gasteiger partial charge in [0.25, 0.3) is 5.88 Å². The fraction of sp³-hybridized carbons (Fsp3) is 0.607. The summed E-state index contributed by atoms with van der Waals surface area (Å²) in [7, 11) is -4.14. The second-order valence-corrected chi connectivity index (χ2v) is 23.2. The Labute approximate surface area is 237 Å². The number of nitrogens with zero attached hydrogens (tertiary/aromatic N) is 3. The van der Waals surface area contributed by atoms with E-state index in [9.17, 15) is 9.18 Å². The Bertz CT molecular complexity index is 1390. The Balaban J connectivity index is 1.64. The number of imidazole rings is 1. The maximum Gasteiger partial charge on any atom is 0.349 e. The molecule has 1 aliphatic heterocycles. The molecule has 40 heavy (non-hydrogen) atoms. The molecule has 0 unspecified atom stereocenters. The summed E-state index contributed by atoms with van der Waals surface area (Å²) in [5.74, 6) is -0.00674. The van der Waals surface area contributed by atoms with E-state index in [-0.39, 0.29) is 34.0 Å². The van der Waals surface area contributed by atoms with Gasteiger partial charge in [0, 0.05) is 6.42 Å². The molecule has 1 N–H and O–H groups in total. The van der Waals surface area contributed by atoms with E-state index in [0.717, 1.165) is 0 Å². The van der Waals surface area contributed by atoms with Crippen LogP contribution in [0, 0.1) is 5.82 Å². The molecule has 0 spiro atoms. The summed E-state index contributed by atoms with van der Waals surface area (Å²) in [5, 5.41) is 0.0931. The first-order chi connectivity index (χ1) is 18.4. The maximum atomic E-state index is 13.4. The fourth-order valence-corrected chi connectivity index (χ4v) is 6.40. The zero-order chi connectivity index (χ0) is 29.7. The van der Waals surface area contributed by atoms with Crippen molar-refractivity contribution in [1.29, 1.82) is 0 Å². The number of aromatic nitrogens is 4. The third kappa shape index (κ3) is 6.41. The molecule has 1 fully saturated rings. The minimum Gasteiger partial charge on any atom is -0.437 e. The van der Waals surface area contributed by atoms with Gasteiger partial charge in [-0.05, 0) is 60.5 Å². The van der Waals surface area contributed by atoms with Crippen molar-refractivity contribution in [2.45, 2.75) is 103 Å². The van der Waals surface area contributed by atoms with Crippen LogP contribution in [0.15, 0.2) is 35.4 Å². The molecule has 3 heterocycles. The highest BCUT2D eigenvalue weighted by molar-refractivity contribution is 6.74. The smallest absolute Gasteiger partial charge is 0.349 e. The molecule has 2 aromatic heterocycles. The van der Waals surface area contributed by atoms with Crippen LogP contribution in [0.25, 0.3) is 11.2 Å². The van der Waals surface area contributed by atoms with E-state index in [0.29, 0.717) is 29.9 Å². The largest absolute Gasteiger partial charge is 0.437 e. The SMILES string of the molecule is CC(C)(C)[Si](C)(C)OC[C@H]1O[C@@H](n2cnc3c(Oc4ccc(F)cc4)nc(=O)[nH]c32)C[C@@H]1O[Si](C)(C)C(C)(C)C. The van der Waals surface area contributed by atoms with Crippen LogP contribution in [-0.2, 0) is 13.6 Å². The van der Waals surface area contributed by atoms with E-state index in [1.165, 1.54) is 24.3 Å². The van der Waals surface area contributed by atoms with E-state index in [1.807, 2.05) is 0 Å².